The monoisotopic (exact) mass is 410 g/mol. The Hall–Kier alpha value is -1.80. The van der Waals surface area contributed by atoms with Crippen LogP contribution < -0.4 is 15.5 Å². The molecule has 0 aliphatic carbocycles. The van der Waals surface area contributed by atoms with E-state index >= 15 is 0 Å². The van der Waals surface area contributed by atoms with Gasteiger partial charge >= 0.3 is 0 Å². The summed E-state index contributed by atoms with van der Waals surface area (Å²) < 4.78 is 29.3. The first-order valence-electron chi connectivity index (χ1n) is 9.85. The smallest absolute Gasteiger partial charge is 0.191 e. The number of aliphatic imine (C=N–C) groups is 1. The summed E-state index contributed by atoms with van der Waals surface area (Å²) in [7, 11) is -1.50. The summed E-state index contributed by atoms with van der Waals surface area (Å²) in [6.07, 6.45) is 2.33. The van der Waals surface area contributed by atoms with Crippen molar-refractivity contribution < 1.29 is 13.2 Å². The quantitative estimate of drug-likeness (QED) is 0.500. The first-order chi connectivity index (χ1) is 13.3. The van der Waals surface area contributed by atoms with E-state index in [-0.39, 0.29) is 0 Å². The number of likely N-dealkylation sites (N-methyl/N-ethyl adjacent to an activating group) is 1. The molecule has 7 nitrogen and oxygen atoms in total. The zero-order chi connectivity index (χ0) is 20.6. The third kappa shape index (κ3) is 5.85. The molecule has 0 aromatic heterocycles. The lowest BCUT2D eigenvalue weighted by Gasteiger charge is -2.35. The lowest BCUT2D eigenvalue weighted by atomic mass is 9.99. The van der Waals surface area contributed by atoms with Gasteiger partial charge in [-0.3, -0.25) is 4.99 Å². The summed E-state index contributed by atoms with van der Waals surface area (Å²) in [5.41, 5.74) is 2.44. The van der Waals surface area contributed by atoms with Gasteiger partial charge in [-0.05, 0) is 44.4 Å². The van der Waals surface area contributed by atoms with Gasteiger partial charge in [-0.15, -0.1) is 0 Å². The molecular formula is C20H34N4O3S. The van der Waals surface area contributed by atoms with Crippen LogP contribution in [-0.2, 0) is 14.6 Å². The van der Waals surface area contributed by atoms with E-state index in [1.165, 1.54) is 17.5 Å². The van der Waals surface area contributed by atoms with Crippen molar-refractivity contribution in [2.75, 3.05) is 57.6 Å². The van der Waals surface area contributed by atoms with Crippen LogP contribution in [0.15, 0.2) is 29.3 Å². The van der Waals surface area contributed by atoms with Crippen LogP contribution in [-0.4, -0.2) is 71.8 Å². The Kier molecular flexibility index (Phi) is 8.12. The molecule has 8 heteroatoms. The van der Waals surface area contributed by atoms with Crippen LogP contribution in [0.5, 0.6) is 0 Å². The van der Waals surface area contributed by atoms with Gasteiger partial charge in [0.15, 0.2) is 15.8 Å². The van der Waals surface area contributed by atoms with Crippen molar-refractivity contribution in [1.29, 1.82) is 0 Å². The molecule has 2 N–H and O–H groups in total. The highest BCUT2D eigenvalue weighted by atomic mass is 32.2. The minimum Gasteiger partial charge on any atom is -0.381 e. The van der Waals surface area contributed by atoms with Gasteiger partial charge in [0.2, 0.25) is 0 Å². The lowest BCUT2D eigenvalue weighted by molar-refractivity contribution is 0.0756. The van der Waals surface area contributed by atoms with Gasteiger partial charge in [-0.1, -0.05) is 12.1 Å². The van der Waals surface area contributed by atoms with Gasteiger partial charge in [-0.2, -0.15) is 0 Å². The molecule has 1 aliphatic heterocycles. The Morgan fingerprint density at radius 3 is 2.57 bits per heavy atom. The molecule has 1 saturated heterocycles. The van der Waals surface area contributed by atoms with Crippen molar-refractivity contribution in [3.8, 4) is 0 Å². The number of rotatable bonds is 8. The molecule has 1 aliphatic rings. The number of guanidine groups is 1. The Balaban J connectivity index is 1.90. The molecule has 0 saturated carbocycles. The zero-order valence-corrected chi connectivity index (χ0v) is 18.3. The van der Waals surface area contributed by atoms with Crippen LogP contribution >= 0.6 is 0 Å². The number of benzene rings is 1. The molecule has 0 radical (unpaired) electrons. The molecular weight excluding hydrogens is 376 g/mol. The van der Waals surface area contributed by atoms with E-state index < -0.39 is 14.6 Å². The number of nitrogens with zero attached hydrogens (tertiary/aromatic N) is 2. The second-order valence-electron chi connectivity index (χ2n) is 7.34. The fraction of sp³-hybridized carbons (Fsp3) is 0.650. The second-order valence-corrected chi connectivity index (χ2v) is 9.75. The normalized spacial score (nSPS) is 17.2. The van der Waals surface area contributed by atoms with Gasteiger partial charge in [-0.25, -0.2) is 8.42 Å². The Bertz CT molecular complexity index is 758. The number of hydrogen-bond donors (Lipinski definition) is 2. The van der Waals surface area contributed by atoms with Crippen molar-refractivity contribution >= 4 is 21.5 Å². The minimum atomic E-state index is -3.20. The molecule has 28 heavy (non-hydrogen) atoms. The van der Waals surface area contributed by atoms with Gasteiger partial charge in [0.25, 0.3) is 0 Å². The average Bonchev–Trinajstić information content (AvgIpc) is 2.67. The van der Waals surface area contributed by atoms with E-state index in [2.05, 4.69) is 58.6 Å². The predicted octanol–water partition coefficient (Wildman–Crippen LogP) is 1.58. The first-order valence-corrected chi connectivity index (χ1v) is 11.7. The fourth-order valence-corrected chi connectivity index (χ4v) is 4.73. The summed E-state index contributed by atoms with van der Waals surface area (Å²) in [6.45, 7) is 7.96. The molecule has 0 spiro atoms. The van der Waals surface area contributed by atoms with Crippen LogP contribution in [0.4, 0.5) is 5.69 Å². The van der Waals surface area contributed by atoms with Gasteiger partial charge in [0.05, 0.1) is 4.75 Å². The minimum absolute atomic E-state index is 0.338. The maximum atomic E-state index is 12.4. The predicted molar refractivity (Wildman–Crippen MR) is 116 cm³/mol. The standard InChI is InChI=1S/C20H34N4O3S/c1-5-24(18-8-6-7-17(2)15-18)12-11-22-19(21-3)23-16-20(28(4,25)26)9-13-27-14-10-20/h6-8,15H,5,9-14,16H2,1-4H3,(H2,21,22,23). The van der Waals surface area contributed by atoms with Gasteiger partial charge < -0.3 is 20.3 Å². The van der Waals surface area contributed by atoms with E-state index in [1.807, 2.05) is 0 Å². The highest BCUT2D eigenvalue weighted by Gasteiger charge is 2.42. The van der Waals surface area contributed by atoms with E-state index in [1.54, 1.807) is 7.05 Å². The molecule has 1 aromatic rings. The van der Waals surface area contributed by atoms with Gasteiger partial charge in [0.1, 0.15) is 0 Å². The Morgan fingerprint density at radius 2 is 2.00 bits per heavy atom. The maximum absolute atomic E-state index is 12.4. The second kappa shape index (κ2) is 10.1. The number of nitrogens with one attached hydrogen (secondary N) is 2. The van der Waals surface area contributed by atoms with Crippen LogP contribution in [0.25, 0.3) is 0 Å². The highest BCUT2D eigenvalue weighted by molar-refractivity contribution is 7.92. The summed E-state index contributed by atoms with van der Waals surface area (Å²) in [4.78, 5) is 6.54. The molecule has 1 fully saturated rings. The summed E-state index contributed by atoms with van der Waals surface area (Å²) in [5.74, 6) is 0.620. The van der Waals surface area contributed by atoms with Gasteiger partial charge in [0, 0.05) is 58.4 Å². The molecule has 2 rings (SSSR count). The van der Waals surface area contributed by atoms with Crippen LogP contribution in [0.3, 0.4) is 0 Å². The van der Waals surface area contributed by atoms with Crippen molar-refractivity contribution in [1.82, 2.24) is 10.6 Å². The molecule has 0 unspecified atom stereocenters. The van der Waals surface area contributed by atoms with Crippen molar-refractivity contribution in [2.24, 2.45) is 4.99 Å². The number of ether oxygens (including phenoxy) is 1. The Labute approximate surface area is 169 Å². The summed E-state index contributed by atoms with van der Waals surface area (Å²) >= 11 is 0. The fourth-order valence-electron chi connectivity index (χ4n) is 3.49. The van der Waals surface area contributed by atoms with E-state index in [4.69, 9.17) is 4.74 Å². The number of hydrogen-bond acceptors (Lipinski definition) is 5. The van der Waals surface area contributed by atoms with Crippen LogP contribution in [0.1, 0.15) is 25.3 Å². The van der Waals surface area contributed by atoms with E-state index in [0.717, 1.165) is 13.1 Å². The maximum Gasteiger partial charge on any atom is 0.191 e. The van der Waals surface area contributed by atoms with Crippen molar-refractivity contribution in [2.45, 2.75) is 31.4 Å². The zero-order valence-electron chi connectivity index (χ0n) is 17.5. The third-order valence-electron chi connectivity index (χ3n) is 5.41. The topological polar surface area (TPSA) is 83.0 Å². The summed E-state index contributed by atoms with van der Waals surface area (Å²) in [5, 5.41) is 6.51. The van der Waals surface area contributed by atoms with E-state index in [9.17, 15) is 8.42 Å². The van der Waals surface area contributed by atoms with Crippen LogP contribution in [0.2, 0.25) is 0 Å². The molecule has 1 heterocycles. The molecule has 0 bridgehead atoms. The third-order valence-corrected chi connectivity index (χ3v) is 7.54. The SMILES string of the molecule is CCN(CCNC(=NC)NCC1(S(C)(=O)=O)CCOCC1)c1cccc(C)c1. The van der Waals surface area contributed by atoms with E-state index in [0.29, 0.717) is 45.1 Å². The number of sulfone groups is 1. The average molecular weight is 411 g/mol. The number of aryl methyl sites for hydroxylation is 1. The Morgan fingerprint density at radius 1 is 1.29 bits per heavy atom. The highest BCUT2D eigenvalue weighted by Crippen LogP contribution is 2.28. The van der Waals surface area contributed by atoms with Crippen molar-refractivity contribution in [3.63, 3.8) is 0 Å². The molecule has 0 atom stereocenters. The van der Waals surface area contributed by atoms with Crippen molar-refractivity contribution in [3.05, 3.63) is 29.8 Å². The molecule has 0 amide bonds. The number of anilines is 1. The lowest BCUT2D eigenvalue weighted by Crippen LogP contribution is -2.54. The first kappa shape index (κ1) is 22.5. The largest absolute Gasteiger partial charge is 0.381 e. The molecule has 1 aromatic carbocycles. The van der Waals surface area contributed by atoms with Crippen LogP contribution in [0, 0.1) is 6.92 Å². The summed E-state index contributed by atoms with van der Waals surface area (Å²) in [6, 6.07) is 8.46. The molecule has 158 valence electrons.